The molecule has 0 heterocycles. The van der Waals surface area contributed by atoms with E-state index in [4.69, 9.17) is 27.9 Å². The van der Waals surface area contributed by atoms with Gasteiger partial charge in [-0.2, -0.15) is 0 Å². The fourth-order valence-electron chi connectivity index (χ4n) is 1.42. The van der Waals surface area contributed by atoms with E-state index in [1.54, 1.807) is 12.1 Å². The first kappa shape index (κ1) is 15.0. The molecule has 0 aromatic heterocycles. The van der Waals surface area contributed by atoms with Gasteiger partial charge in [0.15, 0.2) is 0 Å². The Bertz CT molecular complexity index is 697. The lowest BCUT2D eigenvalue weighted by atomic mass is 10.3. The molecule has 4 nitrogen and oxygen atoms in total. The van der Waals surface area contributed by atoms with Gasteiger partial charge < -0.3 is 4.74 Å². The number of halogens is 4. The zero-order chi connectivity index (χ0) is 14.9. The van der Waals surface area contributed by atoms with Crippen molar-refractivity contribution in [2.45, 2.75) is 0 Å². The van der Waals surface area contributed by atoms with Crippen LogP contribution in [-0.4, -0.2) is 4.92 Å². The standard InChI is InChI=1S/C12H5BrCl2FNO3/c13-6-1-2-7(14)11(3-6)20-12-4-8(15)9(16)5-10(12)17(18)19/h1-5H. The summed E-state index contributed by atoms with van der Waals surface area (Å²) in [4.78, 5) is 10.1. The SMILES string of the molecule is O=[N+]([O-])c1cc(F)c(Cl)cc1Oc1cc(Br)ccc1Cl. The third-order valence-corrected chi connectivity index (χ3v) is 3.41. The molecule has 20 heavy (non-hydrogen) atoms. The van der Waals surface area contributed by atoms with E-state index >= 15 is 0 Å². The molecule has 2 rings (SSSR count). The molecule has 0 fully saturated rings. The lowest BCUT2D eigenvalue weighted by molar-refractivity contribution is -0.385. The zero-order valence-electron chi connectivity index (χ0n) is 9.57. The van der Waals surface area contributed by atoms with E-state index in [0.717, 1.165) is 6.07 Å². The van der Waals surface area contributed by atoms with E-state index in [-0.39, 0.29) is 21.5 Å². The molecule has 0 saturated carbocycles. The molecule has 0 bridgehead atoms. The molecule has 2 aromatic rings. The number of ether oxygens (including phenoxy) is 1. The molecule has 0 amide bonds. The first-order chi connectivity index (χ1) is 9.38. The van der Waals surface area contributed by atoms with Crippen LogP contribution in [0.4, 0.5) is 10.1 Å². The highest BCUT2D eigenvalue weighted by Crippen LogP contribution is 2.38. The van der Waals surface area contributed by atoms with Gasteiger partial charge in [-0.25, -0.2) is 4.39 Å². The summed E-state index contributed by atoms with van der Waals surface area (Å²) in [6, 6.07) is 6.50. The van der Waals surface area contributed by atoms with Crippen molar-refractivity contribution in [3.8, 4) is 11.5 Å². The number of nitro groups is 1. The first-order valence-electron chi connectivity index (χ1n) is 5.15. The van der Waals surface area contributed by atoms with Crippen molar-refractivity contribution in [3.05, 3.63) is 60.8 Å². The van der Waals surface area contributed by atoms with E-state index < -0.39 is 16.4 Å². The minimum absolute atomic E-state index is 0.187. The van der Waals surface area contributed by atoms with Crippen LogP contribution in [0.25, 0.3) is 0 Å². The van der Waals surface area contributed by atoms with Crippen LogP contribution in [0.5, 0.6) is 11.5 Å². The van der Waals surface area contributed by atoms with Crippen LogP contribution in [0, 0.1) is 15.9 Å². The Kier molecular flexibility index (Phi) is 4.47. The van der Waals surface area contributed by atoms with Crippen LogP contribution in [0.1, 0.15) is 0 Å². The molecule has 0 saturated heterocycles. The lowest BCUT2D eigenvalue weighted by Crippen LogP contribution is -1.95. The van der Waals surface area contributed by atoms with Crippen LogP contribution in [-0.2, 0) is 0 Å². The van der Waals surface area contributed by atoms with Crippen LogP contribution in [0.15, 0.2) is 34.8 Å². The summed E-state index contributed by atoms with van der Waals surface area (Å²) in [6.07, 6.45) is 0. The van der Waals surface area contributed by atoms with Crippen LogP contribution in [0.2, 0.25) is 10.0 Å². The van der Waals surface area contributed by atoms with Gasteiger partial charge in [-0.3, -0.25) is 10.1 Å². The van der Waals surface area contributed by atoms with Crippen LogP contribution in [0.3, 0.4) is 0 Å². The van der Waals surface area contributed by atoms with Crippen LogP contribution >= 0.6 is 39.1 Å². The van der Waals surface area contributed by atoms with Gasteiger partial charge in [-0.05, 0) is 18.2 Å². The van der Waals surface area contributed by atoms with Crippen LogP contribution < -0.4 is 4.74 Å². The van der Waals surface area contributed by atoms with Gasteiger partial charge in [0, 0.05) is 10.5 Å². The Labute approximate surface area is 131 Å². The van der Waals surface area contributed by atoms with Gasteiger partial charge >= 0.3 is 5.69 Å². The summed E-state index contributed by atoms with van der Waals surface area (Å²) in [7, 11) is 0. The van der Waals surface area contributed by atoms with E-state index in [0.29, 0.717) is 10.5 Å². The third kappa shape index (κ3) is 3.20. The second-order valence-corrected chi connectivity index (χ2v) is 5.40. The normalized spacial score (nSPS) is 10.4. The predicted octanol–water partition coefficient (Wildman–Crippen LogP) is 5.60. The fraction of sp³-hybridized carbons (Fsp3) is 0. The summed E-state index contributed by atoms with van der Waals surface area (Å²) in [5.41, 5.74) is -0.539. The fourth-order valence-corrected chi connectivity index (χ4v) is 2.07. The van der Waals surface area contributed by atoms with Gasteiger partial charge in [0.2, 0.25) is 5.75 Å². The third-order valence-electron chi connectivity index (χ3n) is 2.31. The van der Waals surface area contributed by atoms with E-state index in [1.807, 2.05) is 0 Å². The average molecular weight is 381 g/mol. The van der Waals surface area contributed by atoms with Gasteiger partial charge in [0.1, 0.15) is 11.6 Å². The Morgan fingerprint density at radius 3 is 2.50 bits per heavy atom. The Morgan fingerprint density at radius 2 is 1.85 bits per heavy atom. The molecule has 0 unspecified atom stereocenters. The number of nitrogens with zero attached hydrogens (tertiary/aromatic N) is 1. The summed E-state index contributed by atoms with van der Waals surface area (Å²) in [5, 5.41) is 10.9. The largest absolute Gasteiger partial charge is 0.448 e. The van der Waals surface area contributed by atoms with Crippen molar-refractivity contribution >= 4 is 44.8 Å². The smallest absolute Gasteiger partial charge is 0.314 e. The Balaban J connectivity index is 2.50. The first-order valence-corrected chi connectivity index (χ1v) is 6.69. The van der Waals surface area contributed by atoms with Crippen molar-refractivity contribution in [3.63, 3.8) is 0 Å². The second-order valence-electron chi connectivity index (χ2n) is 3.67. The topological polar surface area (TPSA) is 52.4 Å². The summed E-state index contributed by atoms with van der Waals surface area (Å²) < 4.78 is 19.3. The highest BCUT2D eigenvalue weighted by atomic mass is 79.9. The predicted molar refractivity (Wildman–Crippen MR) is 77.3 cm³/mol. The second kappa shape index (κ2) is 5.95. The highest BCUT2D eigenvalue weighted by molar-refractivity contribution is 9.10. The van der Waals surface area contributed by atoms with Crippen molar-refractivity contribution in [1.82, 2.24) is 0 Å². The summed E-state index contributed by atoms with van der Waals surface area (Å²) in [6.45, 7) is 0. The number of benzene rings is 2. The number of rotatable bonds is 3. The maximum absolute atomic E-state index is 13.3. The minimum Gasteiger partial charge on any atom is -0.448 e. The summed E-state index contributed by atoms with van der Waals surface area (Å²) >= 11 is 14.8. The number of hydrogen-bond acceptors (Lipinski definition) is 3. The van der Waals surface area contributed by atoms with Crippen molar-refractivity contribution in [1.29, 1.82) is 0 Å². The average Bonchev–Trinajstić information content (AvgIpc) is 2.37. The van der Waals surface area contributed by atoms with Gasteiger partial charge in [0.05, 0.1) is 21.0 Å². The molecule has 0 N–H and O–H groups in total. The molecule has 0 radical (unpaired) electrons. The highest BCUT2D eigenvalue weighted by Gasteiger charge is 2.20. The molecule has 0 atom stereocenters. The van der Waals surface area contributed by atoms with Gasteiger partial charge in [0.25, 0.3) is 0 Å². The molecular weight excluding hydrogens is 376 g/mol. The van der Waals surface area contributed by atoms with Crippen molar-refractivity contribution < 1.29 is 14.1 Å². The molecule has 0 aliphatic carbocycles. The lowest BCUT2D eigenvalue weighted by Gasteiger charge is -2.09. The van der Waals surface area contributed by atoms with E-state index in [9.17, 15) is 14.5 Å². The van der Waals surface area contributed by atoms with Crippen molar-refractivity contribution in [2.75, 3.05) is 0 Å². The summed E-state index contributed by atoms with van der Waals surface area (Å²) in [5.74, 6) is -0.903. The van der Waals surface area contributed by atoms with Crippen molar-refractivity contribution in [2.24, 2.45) is 0 Å². The monoisotopic (exact) mass is 379 g/mol. The quantitative estimate of drug-likeness (QED) is 0.514. The maximum atomic E-state index is 13.3. The number of nitro benzene ring substituents is 1. The Morgan fingerprint density at radius 1 is 1.15 bits per heavy atom. The molecule has 0 spiro atoms. The molecule has 0 aliphatic heterocycles. The molecular formula is C12H5BrCl2FNO3. The van der Waals surface area contributed by atoms with Gasteiger partial charge in [-0.1, -0.05) is 39.1 Å². The minimum atomic E-state index is -0.897. The molecule has 2 aromatic carbocycles. The number of hydrogen-bond donors (Lipinski definition) is 0. The zero-order valence-corrected chi connectivity index (χ0v) is 12.7. The van der Waals surface area contributed by atoms with E-state index in [2.05, 4.69) is 15.9 Å². The molecule has 8 heteroatoms. The maximum Gasteiger partial charge on any atom is 0.314 e. The molecule has 0 aliphatic rings. The van der Waals surface area contributed by atoms with Gasteiger partial charge in [-0.15, -0.1) is 0 Å². The molecule has 104 valence electrons. The Hall–Kier alpha value is -1.37. The van der Waals surface area contributed by atoms with E-state index in [1.165, 1.54) is 6.07 Å².